The van der Waals surface area contributed by atoms with Gasteiger partial charge in [-0.1, -0.05) is 6.92 Å². The lowest BCUT2D eigenvalue weighted by atomic mass is 9.88. The summed E-state index contributed by atoms with van der Waals surface area (Å²) in [6.07, 6.45) is 2.18. The number of hydrogen-bond acceptors (Lipinski definition) is 6. The Kier molecular flexibility index (Phi) is 8.77. The van der Waals surface area contributed by atoms with Crippen LogP contribution in [0.3, 0.4) is 0 Å². The molecule has 1 unspecified atom stereocenters. The van der Waals surface area contributed by atoms with Gasteiger partial charge in [0.25, 0.3) is 11.8 Å². The molecule has 1 aromatic rings. The number of rotatable bonds is 11. The maximum atomic E-state index is 13.9. The van der Waals surface area contributed by atoms with E-state index in [1.54, 1.807) is 20.8 Å². The van der Waals surface area contributed by atoms with Gasteiger partial charge in [-0.2, -0.15) is 8.78 Å². The van der Waals surface area contributed by atoms with Gasteiger partial charge >= 0.3 is 5.97 Å². The van der Waals surface area contributed by atoms with E-state index in [4.69, 9.17) is 4.74 Å². The van der Waals surface area contributed by atoms with Gasteiger partial charge in [-0.15, -0.1) is 0 Å². The second-order valence-electron chi connectivity index (χ2n) is 8.84. The van der Waals surface area contributed by atoms with Gasteiger partial charge in [0.05, 0.1) is 17.6 Å². The summed E-state index contributed by atoms with van der Waals surface area (Å²) in [5.74, 6) is -11.2. The number of carbonyl (C=O) groups excluding carboxylic acids is 4. The first-order valence-corrected chi connectivity index (χ1v) is 10.7. The van der Waals surface area contributed by atoms with Crippen LogP contribution in [-0.4, -0.2) is 53.9 Å². The zero-order valence-electron chi connectivity index (χ0n) is 19.7. The van der Waals surface area contributed by atoms with Crippen LogP contribution in [0.1, 0.15) is 40.5 Å². The Morgan fingerprint density at radius 1 is 1.00 bits per heavy atom. The van der Waals surface area contributed by atoms with Crippen LogP contribution in [0.25, 0.3) is 0 Å². The van der Waals surface area contributed by atoms with Gasteiger partial charge in [-0.25, -0.2) is 8.78 Å². The summed E-state index contributed by atoms with van der Waals surface area (Å²) < 4.78 is 65.0. The number of imide groups is 1. The Labute approximate surface area is 199 Å². The largest absolute Gasteiger partial charge is 0.420 e. The molecular formula is C23H26F4N2O6. The fourth-order valence-corrected chi connectivity index (χ4v) is 2.83. The molecule has 0 radical (unpaired) electrons. The van der Waals surface area contributed by atoms with Crippen molar-refractivity contribution in [1.82, 2.24) is 10.2 Å². The Morgan fingerprint density at radius 3 is 2.06 bits per heavy atom. The zero-order valence-corrected chi connectivity index (χ0v) is 19.7. The average molecular weight is 502 g/mol. The highest BCUT2D eigenvalue weighted by Gasteiger charge is 2.38. The first-order valence-electron chi connectivity index (χ1n) is 10.7. The van der Waals surface area contributed by atoms with Crippen LogP contribution in [0.2, 0.25) is 0 Å². The maximum absolute atomic E-state index is 13.9. The van der Waals surface area contributed by atoms with Gasteiger partial charge in [0, 0.05) is 37.7 Å². The summed E-state index contributed by atoms with van der Waals surface area (Å²) in [4.78, 5) is 48.7. The fourth-order valence-electron chi connectivity index (χ4n) is 2.83. The molecule has 8 nitrogen and oxygen atoms in total. The Balaban J connectivity index is 1.93. The molecule has 1 heterocycles. The topological polar surface area (TPSA) is 102 Å². The summed E-state index contributed by atoms with van der Waals surface area (Å²) in [7, 11) is 0. The van der Waals surface area contributed by atoms with Crippen LogP contribution >= 0.6 is 0 Å². The van der Waals surface area contributed by atoms with Crippen LogP contribution in [0.15, 0.2) is 18.2 Å². The first kappa shape index (κ1) is 28.0. The van der Waals surface area contributed by atoms with E-state index in [0.717, 1.165) is 17.1 Å². The van der Waals surface area contributed by atoms with E-state index >= 15 is 0 Å². The molecule has 2 rings (SSSR count). The van der Waals surface area contributed by atoms with Crippen LogP contribution < -0.4 is 10.1 Å². The van der Waals surface area contributed by atoms with Crippen LogP contribution in [0, 0.1) is 28.7 Å². The van der Waals surface area contributed by atoms with Crippen molar-refractivity contribution in [3.63, 3.8) is 0 Å². The van der Waals surface area contributed by atoms with Crippen molar-refractivity contribution in [2.24, 2.45) is 5.41 Å². The Bertz CT molecular complexity index is 1010. The summed E-state index contributed by atoms with van der Waals surface area (Å²) in [5, 5.41) is 2.59. The average Bonchev–Trinajstić information content (AvgIpc) is 3.13. The standard InChI is InChI=1S/C23H26F4N2O6/c1-5-23(4,21(33)35-20-18(26)13(24)10-14(25)19(20)27)12-34-22(2,3)11-28-15(30)8-9-29-16(31)6-7-17(29)32/h6-7,10H,5,8-9,11-12H2,1-4H3,(H,28,30). The smallest absolute Gasteiger partial charge is 0.319 e. The Morgan fingerprint density at radius 2 is 1.54 bits per heavy atom. The number of nitrogens with zero attached hydrogens (tertiary/aromatic N) is 1. The molecule has 0 saturated carbocycles. The predicted molar refractivity (Wildman–Crippen MR) is 114 cm³/mol. The minimum absolute atomic E-state index is 0.00129. The molecule has 3 amide bonds. The minimum atomic E-state index is -1.84. The SMILES string of the molecule is CCC(C)(COC(C)(C)CNC(=O)CCN1C(=O)C=CC1=O)C(=O)Oc1c(F)c(F)cc(F)c1F. The zero-order chi connectivity index (χ0) is 26.6. The van der Waals surface area contributed by atoms with Gasteiger partial charge in [0.15, 0.2) is 11.6 Å². The van der Waals surface area contributed by atoms with Crippen molar-refractivity contribution in [2.75, 3.05) is 19.7 Å². The van der Waals surface area contributed by atoms with Crippen molar-refractivity contribution < 1.29 is 46.2 Å². The van der Waals surface area contributed by atoms with Crippen molar-refractivity contribution >= 4 is 23.7 Å². The van der Waals surface area contributed by atoms with Crippen molar-refractivity contribution in [3.05, 3.63) is 41.5 Å². The van der Waals surface area contributed by atoms with E-state index in [0.29, 0.717) is 0 Å². The summed E-state index contributed by atoms with van der Waals surface area (Å²) >= 11 is 0. The highest BCUT2D eigenvalue weighted by Crippen LogP contribution is 2.31. The third-order valence-electron chi connectivity index (χ3n) is 5.50. The lowest BCUT2D eigenvalue weighted by Crippen LogP contribution is -2.45. The second kappa shape index (κ2) is 11.0. The minimum Gasteiger partial charge on any atom is -0.420 e. The number of amides is 3. The molecular weight excluding hydrogens is 476 g/mol. The fraction of sp³-hybridized carbons (Fsp3) is 0.478. The maximum Gasteiger partial charge on any atom is 0.319 e. The third-order valence-corrected chi connectivity index (χ3v) is 5.50. The van der Waals surface area contributed by atoms with E-state index in [1.807, 2.05) is 0 Å². The monoisotopic (exact) mass is 502 g/mol. The molecule has 1 aromatic carbocycles. The number of esters is 1. The highest BCUT2D eigenvalue weighted by atomic mass is 19.2. The molecule has 0 aliphatic carbocycles. The second-order valence-corrected chi connectivity index (χ2v) is 8.84. The van der Waals surface area contributed by atoms with Gasteiger partial charge < -0.3 is 14.8 Å². The quantitative estimate of drug-likeness (QED) is 0.164. The van der Waals surface area contributed by atoms with Crippen molar-refractivity contribution in [2.45, 2.75) is 46.1 Å². The van der Waals surface area contributed by atoms with E-state index in [1.165, 1.54) is 6.92 Å². The van der Waals surface area contributed by atoms with Gasteiger partial charge in [0.2, 0.25) is 23.3 Å². The number of nitrogens with one attached hydrogen (secondary N) is 1. The molecule has 0 spiro atoms. The molecule has 0 aromatic heterocycles. The third kappa shape index (κ3) is 6.87. The number of benzene rings is 1. The van der Waals surface area contributed by atoms with Gasteiger partial charge in [-0.05, 0) is 27.2 Å². The summed E-state index contributed by atoms with van der Waals surface area (Å²) in [6.45, 7) is 5.75. The predicted octanol–water partition coefficient (Wildman–Crippen LogP) is 2.79. The number of halogens is 4. The number of carbonyl (C=O) groups is 4. The van der Waals surface area contributed by atoms with E-state index in [2.05, 4.69) is 10.1 Å². The van der Waals surface area contributed by atoms with Crippen molar-refractivity contribution in [3.8, 4) is 5.75 Å². The van der Waals surface area contributed by atoms with Gasteiger partial charge in [0.1, 0.15) is 0 Å². The Hall–Kier alpha value is -3.28. The molecule has 35 heavy (non-hydrogen) atoms. The lowest BCUT2D eigenvalue weighted by Gasteiger charge is -2.32. The molecule has 0 saturated heterocycles. The van der Waals surface area contributed by atoms with Crippen molar-refractivity contribution in [1.29, 1.82) is 0 Å². The van der Waals surface area contributed by atoms with Gasteiger partial charge in [-0.3, -0.25) is 24.1 Å². The summed E-state index contributed by atoms with van der Waals surface area (Å²) in [6, 6.07) is -0.00129. The van der Waals surface area contributed by atoms with Crippen LogP contribution in [0.5, 0.6) is 5.75 Å². The van der Waals surface area contributed by atoms with Crippen LogP contribution in [0.4, 0.5) is 17.6 Å². The number of ether oxygens (including phenoxy) is 2. The van der Waals surface area contributed by atoms with E-state index in [-0.39, 0.29) is 38.6 Å². The molecule has 0 fully saturated rings. The first-order chi connectivity index (χ1) is 16.2. The molecule has 192 valence electrons. The lowest BCUT2D eigenvalue weighted by molar-refractivity contribution is -0.154. The molecule has 1 atom stereocenters. The highest BCUT2D eigenvalue weighted by molar-refractivity contribution is 6.13. The summed E-state index contributed by atoms with van der Waals surface area (Å²) in [5.41, 5.74) is -2.47. The number of hydrogen-bond donors (Lipinski definition) is 1. The van der Waals surface area contributed by atoms with Crippen LogP contribution in [-0.2, 0) is 23.9 Å². The van der Waals surface area contributed by atoms with E-state index < -0.39 is 63.7 Å². The molecule has 12 heteroatoms. The molecule has 0 bridgehead atoms. The molecule has 1 aliphatic heterocycles. The molecule has 1 N–H and O–H groups in total. The molecule has 1 aliphatic rings. The normalized spacial score (nSPS) is 15.4. The van der Waals surface area contributed by atoms with E-state index in [9.17, 15) is 36.7 Å².